The average molecular weight is 311 g/mol. The number of hydrogen-bond acceptors (Lipinski definition) is 4. The van der Waals surface area contributed by atoms with E-state index in [1.807, 2.05) is 0 Å². The van der Waals surface area contributed by atoms with Crippen LogP contribution in [-0.2, 0) is 14.3 Å². The minimum absolute atomic E-state index is 0.0893. The quantitative estimate of drug-likeness (QED) is 0.777. The van der Waals surface area contributed by atoms with Crippen molar-refractivity contribution in [1.82, 2.24) is 15.1 Å². The predicted molar refractivity (Wildman–Crippen MR) is 80.2 cm³/mol. The largest absolute Gasteiger partial charge is 0.382 e. The highest BCUT2D eigenvalue weighted by Gasteiger charge is 2.48. The summed E-state index contributed by atoms with van der Waals surface area (Å²) in [5, 5.41) is 2.60. The molecule has 0 bridgehead atoms. The Morgan fingerprint density at radius 1 is 1.18 bits per heavy atom. The van der Waals surface area contributed by atoms with Crippen molar-refractivity contribution in [2.75, 3.05) is 33.4 Å². The van der Waals surface area contributed by atoms with E-state index in [1.165, 1.54) is 13.5 Å². The van der Waals surface area contributed by atoms with Crippen molar-refractivity contribution in [1.29, 1.82) is 0 Å². The van der Waals surface area contributed by atoms with Crippen LogP contribution in [0.15, 0.2) is 0 Å². The summed E-state index contributed by atoms with van der Waals surface area (Å²) in [4.78, 5) is 39.5. The van der Waals surface area contributed by atoms with Gasteiger partial charge in [0.1, 0.15) is 12.1 Å². The number of nitrogens with one attached hydrogen (secondary N) is 1. The molecule has 1 atom stereocenters. The molecule has 0 aliphatic carbocycles. The highest BCUT2D eigenvalue weighted by Crippen LogP contribution is 2.18. The molecule has 0 aromatic heterocycles. The lowest BCUT2D eigenvalue weighted by Crippen LogP contribution is -2.49. The highest BCUT2D eigenvalue weighted by atomic mass is 16.5. The molecule has 0 radical (unpaired) electrons. The number of ether oxygens (including phenoxy) is 1. The van der Waals surface area contributed by atoms with Crippen LogP contribution in [-0.4, -0.2) is 66.5 Å². The van der Waals surface area contributed by atoms with E-state index in [0.717, 1.165) is 30.6 Å². The number of likely N-dealkylation sites (tertiary alicyclic amines) is 1. The minimum Gasteiger partial charge on any atom is -0.382 e. The Morgan fingerprint density at radius 3 is 2.36 bits per heavy atom. The maximum Gasteiger partial charge on any atom is 0.325 e. The van der Waals surface area contributed by atoms with Crippen LogP contribution < -0.4 is 5.32 Å². The standard InChI is InChI=1S/C15H25N3O4/c1-15(11-22-2)13(20)18(14(21)16-15)10-12(19)17-8-6-4-3-5-7-9-17/h3-11H2,1-2H3,(H,16,21)/t15-/m0/s1. The Bertz CT molecular complexity index is 446. The minimum atomic E-state index is -1.08. The van der Waals surface area contributed by atoms with Crippen LogP contribution in [0.3, 0.4) is 0 Å². The molecule has 2 aliphatic rings. The van der Waals surface area contributed by atoms with Crippen LogP contribution >= 0.6 is 0 Å². The van der Waals surface area contributed by atoms with Gasteiger partial charge >= 0.3 is 6.03 Å². The first-order chi connectivity index (χ1) is 10.5. The Hall–Kier alpha value is -1.63. The van der Waals surface area contributed by atoms with Crippen LogP contribution in [0, 0.1) is 0 Å². The van der Waals surface area contributed by atoms with Crippen molar-refractivity contribution in [2.24, 2.45) is 0 Å². The fourth-order valence-electron chi connectivity index (χ4n) is 3.01. The van der Waals surface area contributed by atoms with E-state index in [0.29, 0.717) is 13.1 Å². The molecule has 7 heteroatoms. The topological polar surface area (TPSA) is 79.0 Å². The van der Waals surface area contributed by atoms with Crippen LogP contribution in [0.4, 0.5) is 4.79 Å². The number of hydrogen-bond donors (Lipinski definition) is 1. The maximum atomic E-state index is 12.4. The van der Waals surface area contributed by atoms with Gasteiger partial charge in [0.05, 0.1) is 6.61 Å². The summed E-state index contributed by atoms with van der Waals surface area (Å²) in [5.74, 6) is -0.563. The maximum absolute atomic E-state index is 12.4. The molecule has 124 valence electrons. The average Bonchev–Trinajstić information content (AvgIpc) is 2.62. The molecule has 2 aliphatic heterocycles. The molecule has 2 saturated heterocycles. The molecule has 0 spiro atoms. The molecule has 0 aromatic rings. The second-order valence-electron chi connectivity index (χ2n) is 6.24. The Balaban J connectivity index is 1.98. The summed E-state index contributed by atoms with van der Waals surface area (Å²) in [5.41, 5.74) is -1.08. The van der Waals surface area contributed by atoms with E-state index < -0.39 is 17.5 Å². The van der Waals surface area contributed by atoms with Gasteiger partial charge < -0.3 is 15.0 Å². The molecule has 2 rings (SSSR count). The van der Waals surface area contributed by atoms with Crippen molar-refractivity contribution in [3.05, 3.63) is 0 Å². The van der Waals surface area contributed by atoms with Gasteiger partial charge in [0.15, 0.2) is 0 Å². The van der Waals surface area contributed by atoms with E-state index in [4.69, 9.17) is 4.74 Å². The van der Waals surface area contributed by atoms with Crippen molar-refractivity contribution < 1.29 is 19.1 Å². The van der Waals surface area contributed by atoms with Crippen LogP contribution in [0.1, 0.15) is 39.0 Å². The third kappa shape index (κ3) is 3.58. The lowest BCUT2D eigenvalue weighted by Gasteiger charge is -2.26. The summed E-state index contributed by atoms with van der Waals surface area (Å²) in [6, 6.07) is -0.523. The number of rotatable bonds is 4. The smallest absolute Gasteiger partial charge is 0.325 e. The Kier molecular flexibility index (Phi) is 5.39. The number of amides is 4. The zero-order valence-corrected chi connectivity index (χ0v) is 13.4. The zero-order chi connectivity index (χ0) is 16.2. The summed E-state index contributed by atoms with van der Waals surface area (Å²) in [7, 11) is 1.47. The second kappa shape index (κ2) is 7.09. The number of urea groups is 1. The highest BCUT2D eigenvalue weighted by molar-refractivity contribution is 6.08. The summed E-state index contributed by atoms with van der Waals surface area (Å²) >= 11 is 0. The molecule has 0 unspecified atom stereocenters. The number of imide groups is 1. The molecule has 2 fully saturated rings. The number of carbonyl (C=O) groups is 3. The Labute approximate surface area is 131 Å². The fraction of sp³-hybridized carbons (Fsp3) is 0.800. The lowest BCUT2D eigenvalue weighted by atomic mass is 10.0. The number of nitrogens with zero attached hydrogens (tertiary/aromatic N) is 2. The van der Waals surface area contributed by atoms with Gasteiger partial charge in [0.2, 0.25) is 5.91 Å². The van der Waals surface area contributed by atoms with E-state index in [2.05, 4.69) is 5.32 Å². The Morgan fingerprint density at radius 2 is 1.77 bits per heavy atom. The van der Waals surface area contributed by atoms with E-state index in [-0.39, 0.29) is 19.1 Å². The monoisotopic (exact) mass is 311 g/mol. The van der Waals surface area contributed by atoms with Gasteiger partial charge in [0.25, 0.3) is 5.91 Å². The van der Waals surface area contributed by atoms with Gasteiger partial charge in [-0.1, -0.05) is 19.3 Å². The zero-order valence-electron chi connectivity index (χ0n) is 13.4. The third-order valence-electron chi connectivity index (χ3n) is 4.28. The summed E-state index contributed by atoms with van der Waals surface area (Å²) in [6.45, 7) is 2.92. The van der Waals surface area contributed by atoms with Gasteiger partial charge in [-0.2, -0.15) is 0 Å². The van der Waals surface area contributed by atoms with Gasteiger partial charge in [-0.05, 0) is 19.8 Å². The number of carbonyl (C=O) groups excluding carboxylic acids is 3. The molecule has 2 heterocycles. The van der Waals surface area contributed by atoms with Crippen LogP contribution in [0.2, 0.25) is 0 Å². The van der Waals surface area contributed by atoms with E-state index in [9.17, 15) is 14.4 Å². The van der Waals surface area contributed by atoms with Gasteiger partial charge in [-0.3, -0.25) is 14.5 Å². The van der Waals surface area contributed by atoms with Crippen molar-refractivity contribution >= 4 is 17.8 Å². The van der Waals surface area contributed by atoms with Crippen molar-refractivity contribution in [2.45, 2.75) is 44.6 Å². The predicted octanol–water partition coefficient (Wildman–Crippen LogP) is 0.736. The lowest BCUT2D eigenvalue weighted by molar-refractivity contribution is -0.139. The molecule has 4 amide bonds. The number of methoxy groups -OCH3 is 1. The molecule has 1 N–H and O–H groups in total. The van der Waals surface area contributed by atoms with Crippen molar-refractivity contribution in [3.63, 3.8) is 0 Å². The molecule has 0 saturated carbocycles. The summed E-state index contributed by atoms with van der Waals surface area (Å²) in [6.07, 6.45) is 5.42. The first-order valence-electron chi connectivity index (χ1n) is 7.89. The molecular weight excluding hydrogens is 286 g/mol. The normalized spacial score (nSPS) is 26.6. The second-order valence-corrected chi connectivity index (χ2v) is 6.24. The van der Waals surface area contributed by atoms with E-state index >= 15 is 0 Å². The molecular formula is C15H25N3O4. The van der Waals surface area contributed by atoms with Crippen LogP contribution in [0.5, 0.6) is 0 Å². The van der Waals surface area contributed by atoms with Gasteiger partial charge in [0, 0.05) is 20.2 Å². The molecule has 7 nitrogen and oxygen atoms in total. The summed E-state index contributed by atoms with van der Waals surface area (Å²) < 4.78 is 4.99. The fourth-order valence-corrected chi connectivity index (χ4v) is 3.01. The van der Waals surface area contributed by atoms with Crippen LogP contribution in [0.25, 0.3) is 0 Å². The first kappa shape index (κ1) is 16.7. The van der Waals surface area contributed by atoms with Crippen molar-refractivity contribution in [3.8, 4) is 0 Å². The SMILES string of the molecule is COC[C@]1(C)NC(=O)N(CC(=O)N2CCCCCCC2)C1=O. The third-order valence-corrected chi connectivity index (χ3v) is 4.28. The first-order valence-corrected chi connectivity index (χ1v) is 7.89. The van der Waals surface area contributed by atoms with Gasteiger partial charge in [-0.15, -0.1) is 0 Å². The molecule has 22 heavy (non-hydrogen) atoms. The van der Waals surface area contributed by atoms with Gasteiger partial charge in [-0.25, -0.2) is 4.79 Å². The molecule has 0 aromatic carbocycles. The van der Waals surface area contributed by atoms with E-state index in [1.54, 1.807) is 11.8 Å².